The lowest BCUT2D eigenvalue weighted by Crippen LogP contribution is -2.25. The number of rotatable bonds is 23. The van der Waals surface area contributed by atoms with E-state index in [2.05, 4.69) is 28.6 Å². The zero-order valence-electron chi connectivity index (χ0n) is 20.9. The Morgan fingerprint density at radius 3 is 2.00 bits per heavy atom. The fraction of sp³-hybridized carbons (Fsp3) is 0.880. The molecule has 1 unspecified atom stereocenters. The van der Waals surface area contributed by atoms with Crippen molar-refractivity contribution in [3.05, 3.63) is 12.2 Å². The Balaban J connectivity index is 3.44. The van der Waals surface area contributed by atoms with Crippen molar-refractivity contribution in [2.75, 3.05) is 13.2 Å². The van der Waals surface area contributed by atoms with Crippen LogP contribution in [0.3, 0.4) is 0 Å². The van der Waals surface area contributed by atoms with Crippen molar-refractivity contribution >= 4 is 16.3 Å². The van der Waals surface area contributed by atoms with Crippen molar-refractivity contribution in [2.45, 2.75) is 130 Å². The second kappa shape index (κ2) is 21.9. The molecule has 0 saturated carbocycles. The van der Waals surface area contributed by atoms with Crippen LogP contribution in [-0.2, 0) is 23.6 Å². The number of nitrogens with one attached hydrogen (secondary N) is 1. The third-order valence-electron chi connectivity index (χ3n) is 5.32. The number of hydrogen-bond acceptors (Lipinski definition) is 5. The van der Waals surface area contributed by atoms with E-state index in [1.54, 1.807) is 13.8 Å². The van der Waals surface area contributed by atoms with E-state index in [0.29, 0.717) is 25.8 Å². The van der Waals surface area contributed by atoms with Crippen molar-refractivity contribution < 1.29 is 21.6 Å². The van der Waals surface area contributed by atoms with Crippen LogP contribution < -0.4 is 5.32 Å². The van der Waals surface area contributed by atoms with E-state index in [1.165, 1.54) is 70.6 Å². The Morgan fingerprint density at radius 2 is 1.41 bits per heavy atom. The van der Waals surface area contributed by atoms with E-state index in [4.69, 9.17) is 4.18 Å². The van der Waals surface area contributed by atoms with Gasteiger partial charge in [0.05, 0.1) is 12.7 Å². The first-order valence-electron chi connectivity index (χ1n) is 12.9. The molecule has 0 aromatic rings. The Labute approximate surface area is 198 Å². The van der Waals surface area contributed by atoms with Gasteiger partial charge in [0.1, 0.15) is 0 Å². The van der Waals surface area contributed by atoms with E-state index < -0.39 is 16.5 Å². The number of hydrogen-bond donors (Lipinski definition) is 1. The van der Waals surface area contributed by atoms with Crippen molar-refractivity contribution in [1.82, 2.24) is 5.32 Å². The summed E-state index contributed by atoms with van der Waals surface area (Å²) in [6, 6.07) is 0. The summed E-state index contributed by atoms with van der Waals surface area (Å²) in [5.41, 5.74) is 0. The fourth-order valence-corrected chi connectivity index (χ4v) is 4.33. The van der Waals surface area contributed by atoms with Crippen molar-refractivity contribution in [2.24, 2.45) is 0 Å². The van der Waals surface area contributed by atoms with Gasteiger partial charge in [-0.15, -0.1) is 0 Å². The lowest BCUT2D eigenvalue weighted by Gasteiger charge is -2.12. The molecule has 190 valence electrons. The van der Waals surface area contributed by atoms with E-state index in [0.717, 1.165) is 12.8 Å². The number of amides is 1. The predicted molar refractivity (Wildman–Crippen MR) is 133 cm³/mol. The average Bonchev–Trinajstić information content (AvgIpc) is 2.73. The summed E-state index contributed by atoms with van der Waals surface area (Å²) in [6.07, 6.45) is 22.2. The van der Waals surface area contributed by atoms with Gasteiger partial charge in [0.25, 0.3) is 0 Å². The minimum atomic E-state index is -3.91. The Bertz CT molecular complexity index is 563. The highest BCUT2D eigenvalue weighted by molar-refractivity contribution is 7.81. The quantitative estimate of drug-likeness (QED) is 0.133. The van der Waals surface area contributed by atoms with Gasteiger partial charge in [-0.3, -0.25) is 4.79 Å². The van der Waals surface area contributed by atoms with Crippen LogP contribution in [0.4, 0.5) is 0 Å². The molecule has 0 aliphatic heterocycles. The lowest BCUT2D eigenvalue weighted by molar-refractivity contribution is -0.121. The summed E-state index contributed by atoms with van der Waals surface area (Å²) >= 11 is 0. The summed E-state index contributed by atoms with van der Waals surface area (Å²) in [4.78, 5) is 11.9. The number of carbonyl (C=O) groups is 1. The second-order valence-corrected chi connectivity index (χ2v) is 9.79. The van der Waals surface area contributed by atoms with Gasteiger partial charge in [0.2, 0.25) is 5.91 Å². The van der Waals surface area contributed by atoms with Gasteiger partial charge in [-0.05, 0) is 58.8 Å². The van der Waals surface area contributed by atoms with Crippen LogP contribution in [0.15, 0.2) is 12.2 Å². The molecule has 32 heavy (non-hydrogen) atoms. The standard InChI is InChI=1S/C25H49NO5S/c1-4-6-7-8-9-10-11-12-13-14-15-16-17-18-19-22-25(27)26-23-20-21-24(3)31-32(28,29)30-5-2/h12-13,24H,4-11,14-23H2,1-3H3,(H,26,27)/b13-12-. The molecular weight excluding hydrogens is 426 g/mol. The first-order valence-corrected chi connectivity index (χ1v) is 14.2. The first kappa shape index (κ1) is 31.1. The maximum absolute atomic E-state index is 11.9. The molecule has 0 aliphatic carbocycles. The molecule has 1 amide bonds. The molecule has 6 nitrogen and oxygen atoms in total. The molecule has 0 radical (unpaired) electrons. The first-order chi connectivity index (χ1) is 15.4. The van der Waals surface area contributed by atoms with Crippen LogP contribution in [-0.4, -0.2) is 33.6 Å². The molecule has 0 aromatic heterocycles. The van der Waals surface area contributed by atoms with E-state index in [1.807, 2.05) is 0 Å². The largest absolute Gasteiger partial charge is 0.400 e. The van der Waals surface area contributed by atoms with Crippen LogP contribution >= 0.6 is 0 Å². The third-order valence-corrected chi connectivity index (χ3v) is 6.41. The van der Waals surface area contributed by atoms with Crippen LogP contribution in [0.1, 0.15) is 124 Å². The summed E-state index contributed by atoms with van der Waals surface area (Å²) in [6.45, 7) is 6.13. The van der Waals surface area contributed by atoms with E-state index in [9.17, 15) is 13.2 Å². The maximum Gasteiger partial charge on any atom is 0.400 e. The van der Waals surface area contributed by atoms with Gasteiger partial charge < -0.3 is 5.32 Å². The van der Waals surface area contributed by atoms with Crippen molar-refractivity contribution in [3.8, 4) is 0 Å². The Morgan fingerprint density at radius 1 is 0.844 bits per heavy atom. The monoisotopic (exact) mass is 475 g/mol. The molecule has 0 saturated heterocycles. The molecule has 1 atom stereocenters. The summed E-state index contributed by atoms with van der Waals surface area (Å²) in [5, 5.41) is 2.89. The SMILES string of the molecule is CCCCCCCC/C=C\CCCCCCCC(=O)NCCCC(C)OS(=O)(=O)OCC. The number of unbranched alkanes of at least 4 members (excludes halogenated alkanes) is 11. The van der Waals surface area contributed by atoms with Gasteiger partial charge in [0, 0.05) is 13.0 Å². The summed E-state index contributed by atoms with van der Waals surface area (Å²) in [7, 11) is -3.91. The van der Waals surface area contributed by atoms with Gasteiger partial charge in [-0.2, -0.15) is 8.42 Å². The van der Waals surface area contributed by atoms with E-state index in [-0.39, 0.29) is 12.5 Å². The maximum atomic E-state index is 11.9. The lowest BCUT2D eigenvalue weighted by atomic mass is 10.1. The molecule has 0 spiro atoms. The highest BCUT2D eigenvalue weighted by Gasteiger charge is 2.15. The second-order valence-electron chi connectivity index (χ2n) is 8.55. The highest BCUT2D eigenvalue weighted by atomic mass is 32.3. The molecular formula is C25H49NO5S. The topological polar surface area (TPSA) is 81.7 Å². The van der Waals surface area contributed by atoms with Gasteiger partial charge in [0.15, 0.2) is 0 Å². The fourth-order valence-electron chi connectivity index (χ4n) is 3.48. The van der Waals surface area contributed by atoms with Gasteiger partial charge >= 0.3 is 10.4 Å². The number of carbonyl (C=O) groups excluding carboxylic acids is 1. The van der Waals surface area contributed by atoms with Crippen molar-refractivity contribution in [3.63, 3.8) is 0 Å². The minimum absolute atomic E-state index is 0.0570. The summed E-state index contributed by atoms with van der Waals surface area (Å²) < 4.78 is 32.2. The average molecular weight is 476 g/mol. The minimum Gasteiger partial charge on any atom is -0.356 e. The van der Waals surface area contributed by atoms with E-state index >= 15 is 0 Å². The molecule has 0 fully saturated rings. The van der Waals surface area contributed by atoms with Crippen LogP contribution in [0, 0.1) is 0 Å². The zero-order valence-corrected chi connectivity index (χ0v) is 21.7. The van der Waals surface area contributed by atoms with Crippen molar-refractivity contribution in [1.29, 1.82) is 0 Å². The molecule has 1 N–H and O–H groups in total. The molecule has 0 rings (SSSR count). The highest BCUT2D eigenvalue weighted by Crippen LogP contribution is 2.10. The zero-order chi connectivity index (χ0) is 23.9. The van der Waals surface area contributed by atoms with Gasteiger partial charge in [-0.25, -0.2) is 8.37 Å². The van der Waals surface area contributed by atoms with Crippen LogP contribution in [0.2, 0.25) is 0 Å². The predicted octanol–water partition coefficient (Wildman–Crippen LogP) is 6.61. The third kappa shape index (κ3) is 22.3. The molecule has 0 heterocycles. The Kier molecular flexibility index (Phi) is 21.3. The molecule has 0 aliphatic rings. The molecule has 0 bridgehead atoms. The summed E-state index contributed by atoms with van der Waals surface area (Å²) in [5.74, 6) is 0.0677. The normalized spacial score (nSPS) is 13.0. The van der Waals surface area contributed by atoms with Crippen LogP contribution in [0.5, 0.6) is 0 Å². The molecule has 0 aromatic carbocycles. The van der Waals surface area contributed by atoms with Crippen LogP contribution in [0.25, 0.3) is 0 Å². The smallest absolute Gasteiger partial charge is 0.356 e. The van der Waals surface area contributed by atoms with Gasteiger partial charge in [-0.1, -0.05) is 70.4 Å². The number of allylic oxidation sites excluding steroid dienone is 2. The Hall–Kier alpha value is -0.920. The molecule has 7 heteroatoms.